The lowest BCUT2D eigenvalue weighted by molar-refractivity contribution is 0.300. The first-order valence-corrected chi connectivity index (χ1v) is 8.21. The summed E-state index contributed by atoms with van der Waals surface area (Å²) in [6, 6.07) is 15.3. The molecule has 21 heavy (non-hydrogen) atoms. The summed E-state index contributed by atoms with van der Waals surface area (Å²) in [6.07, 6.45) is 2.61. The Balaban J connectivity index is 1.70. The van der Waals surface area contributed by atoms with Crippen LogP contribution < -0.4 is 10.1 Å². The third-order valence-electron chi connectivity index (χ3n) is 3.72. The molecule has 0 atom stereocenters. The Hall–Kier alpha value is -1.32. The molecule has 2 aromatic carbocycles. The molecular formula is C18H20BrNO. The Bertz CT molecular complexity index is 622. The van der Waals surface area contributed by atoms with E-state index < -0.39 is 0 Å². The van der Waals surface area contributed by atoms with E-state index >= 15 is 0 Å². The second-order valence-electron chi connectivity index (χ2n) is 5.64. The molecule has 0 unspecified atom stereocenters. The Labute approximate surface area is 134 Å². The van der Waals surface area contributed by atoms with Gasteiger partial charge in [0.1, 0.15) is 12.4 Å². The van der Waals surface area contributed by atoms with E-state index in [0.717, 1.165) is 16.8 Å². The molecule has 0 aromatic heterocycles. The van der Waals surface area contributed by atoms with E-state index in [-0.39, 0.29) is 0 Å². The molecule has 0 saturated heterocycles. The second kappa shape index (κ2) is 6.63. The summed E-state index contributed by atoms with van der Waals surface area (Å²) in [7, 11) is 0. The SMILES string of the molecule is Cc1cccc(CNC2CC2)c1OCc1cccc(Br)c1. The van der Waals surface area contributed by atoms with Crippen molar-refractivity contribution in [2.24, 2.45) is 0 Å². The van der Waals surface area contributed by atoms with Gasteiger partial charge in [-0.1, -0.05) is 46.3 Å². The van der Waals surface area contributed by atoms with Crippen molar-refractivity contribution < 1.29 is 4.74 Å². The lowest BCUT2D eigenvalue weighted by Gasteiger charge is -2.15. The maximum absolute atomic E-state index is 6.10. The number of aryl methyl sites for hydroxylation is 1. The van der Waals surface area contributed by atoms with Gasteiger partial charge >= 0.3 is 0 Å². The predicted molar refractivity (Wildman–Crippen MR) is 89.5 cm³/mol. The molecule has 1 aliphatic rings. The highest BCUT2D eigenvalue weighted by Gasteiger charge is 2.20. The van der Waals surface area contributed by atoms with Crippen LogP contribution in [-0.2, 0) is 13.2 Å². The standard InChI is InChI=1S/C18H20BrNO/c1-13-4-2-6-15(11-20-17-8-9-17)18(13)21-12-14-5-3-7-16(19)10-14/h2-7,10,17,20H,8-9,11-12H2,1H3. The number of hydrogen-bond donors (Lipinski definition) is 1. The zero-order valence-electron chi connectivity index (χ0n) is 12.2. The minimum Gasteiger partial charge on any atom is -0.488 e. The van der Waals surface area contributed by atoms with Crippen LogP contribution in [0.5, 0.6) is 5.75 Å². The van der Waals surface area contributed by atoms with Crippen molar-refractivity contribution >= 4 is 15.9 Å². The molecule has 3 heteroatoms. The molecule has 3 rings (SSSR count). The van der Waals surface area contributed by atoms with Gasteiger partial charge in [0.05, 0.1) is 0 Å². The Morgan fingerprint density at radius 2 is 2.00 bits per heavy atom. The number of nitrogens with one attached hydrogen (secondary N) is 1. The molecule has 1 aliphatic carbocycles. The van der Waals surface area contributed by atoms with Crippen LogP contribution in [0.25, 0.3) is 0 Å². The fourth-order valence-corrected chi connectivity index (χ4v) is 2.83. The van der Waals surface area contributed by atoms with E-state index in [9.17, 15) is 0 Å². The maximum Gasteiger partial charge on any atom is 0.127 e. The third kappa shape index (κ3) is 4.08. The third-order valence-corrected chi connectivity index (χ3v) is 4.22. The van der Waals surface area contributed by atoms with Gasteiger partial charge < -0.3 is 10.1 Å². The fraction of sp³-hybridized carbons (Fsp3) is 0.333. The molecule has 2 aromatic rings. The van der Waals surface area contributed by atoms with E-state index in [1.807, 2.05) is 12.1 Å². The molecule has 1 saturated carbocycles. The number of para-hydroxylation sites is 1. The van der Waals surface area contributed by atoms with Gasteiger partial charge in [0.15, 0.2) is 0 Å². The second-order valence-corrected chi connectivity index (χ2v) is 6.55. The average molecular weight is 346 g/mol. The lowest BCUT2D eigenvalue weighted by Crippen LogP contribution is -2.16. The highest BCUT2D eigenvalue weighted by atomic mass is 79.9. The summed E-state index contributed by atoms with van der Waals surface area (Å²) in [6.45, 7) is 3.59. The normalized spacial score (nSPS) is 14.2. The molecule has 2 nitrogen and oxygen atoms in total. The molecule has 0 amide bonds. The Morgan fingerprint density at radius 3 is 2.76 bits per heavy atom. The van der Waals surface area contributed by atoms with Crippen molar-refractivity contribution in [2.45, 2.75) is 39.0 Å². The number of ether oxygens (including phenoxy) is 1. The van der Waals surface area contributed by atoms with Gasteiger partial charge in [-0.05, 0) is 43.0 Å². The van der Waals surface area contributed by atoms with E-state index in [2.05, 4.69) is 58.5 Å². The molecule has 0 aliphatic heterocycles. The minimum absolute atomic E-state index is 0.598. The van der Waals surface area contributed by atoms with Gasteiger partial charge in [-0.3, -0.25) is 0 Å². The first-order chi connectivity index (χ1) is 10.2. The van der Waals surface area contributed by atoms with Crippen LogP contribution in [-0.4, -0.2) is 6.04 Å². The van der Waals surface area contributed by atoms with Crippen LogP contribution in [0.4, 0.5) is 0 Å². The zero-order chi connectivity index (χ0) is 14.7. The van der Waals surface area contributed by atoms with E-state index in [4.69, 9.17) is 4.74 Å². The molecule has 110 valence electrons. The van der Waals surface area contributed by atoms with Crippen molar-refractivity contribution in [1.29, 1.82) is 0 Å². The van der Waals surface area contributed by atoms with Crippen LogP contribution in [0.2, 0.25) is 0 Å². The van der Waals surface area contributed by atoms with Crippen LogP contribution in [0.3, 0.4) is 0 Å². The summed E-state index contributed by atoms with van der Waals surface area (Å²) in [4.78, 5) is 0. The van der Waals surface area contributed by atoms with E-state index in [0.29, 0.717) is 12.6 Å². The highest BCUT2D eigenvalue weighted by molar-refractivity contribution is 9.10. The quantitative estimate of drug-likeness (QED) is 0.826. The topological polar surface area (TPSA) is 21.3 Å². The summed E-state index contributed by atoms with van der Waals surface area (Å²) in [5.41, 5.74) is 3.62. The van der Waals surface area contributed by atoms with Crippen molar-refractivity contribution in [1.82, 2.24) is 5.32 Å². The molecule has 0 spiro atoms. The van der Waals surface area contributed by atoms with E-state index in [1.54, 1.807) is 0 Å². The molecule has 1 fully saturated rings. The van der Waals surface area contributed by atoms with Crippen molar-refractivity contribution in [3.63, 3.8) is 0 Å². The molecule has 0 bridgehead atoms. The number of benzene rings is 2. The van der Waals surface area contributed by atoms with Gasteiger partial charge in [0.2, 0.25) is 0 Å². The summed E-state index contributed by atoms with van der Waals surface area (Å²) >= 11 is 3.50. The zero-order valence-corrected chi connectivity index (χ0v) is 13.8. The van der Waals surface area contributed by atoms with Crippen LogP contribution in [0.1, 0.15) is 29.5 Å². The Morgan fingerprint density at radius 1 is 1.19 bits per heavy atom. The van der Waals surface area contributed by atoms with Gasteiger partial charge in [-0.15, -0.1) is 0 Å². The largest absolute Gasteiger partial charge is 0.488 e. The lowest BCUT2D eigenvalue weighted by atomic mass is 10.1. The van der Waals surface area contributed by atoms with Crippen molar-refractivity contribution in [2.75, 3.05) is 0 Å². The minimum atomic E-state index is 0.598. The summed E-state index contributed by atoms with van der Waals surface area (Å²) in [5, 5.41) is 3.56. The number of halogens is 1. The first kappa shape index (κ1) is 14.6. The average Bonchev–Trinajstić information content (AvgIpc) is 3.28. The smallest absolute Gasteiger partial charge is 0.127 e. The maximum atomic E-state index is 6.10. The van der Waals surface area contributed by atoms with Crippen LogP contribution >= 0.6 is 15.9 Å². The molecule has 1 N–H and O–H groups in total. The Kier molecular flexibility index (Phi) is 4.61. The highest BCUT2D eigenvalue weighted by Crippen LogP contribution is 2.26. The predicted octanol–water partition coefficient (Wildman–Crippen LogP) is 4.59. The monoisotopic (exact) mass is 345 g/mol. The fourth-order valence-electron chi connectivity index (χ4n) is 2.38. The van der Waals surface area contributed by atoms with Gasteiger partial charge in [0.25, 0.3) is 0 Å². The summed E-state index contributed by atoms with van der Waals surface area (Å²) < 4.78 is 7.19. The van der Waals surface area contributed by atoms with Gasteiger partial charge in [0, 0.05) is 22.6 Å². The molecule has 0 heterocycles. The van der Waals surface area contributed by atoms with Crippen molar-refractivity contribution in [3.8, 4) is 5.75 Å². The number of rotatable bonds is 6. The van der Waals surface area contributed by atoms with Gasteiger partial charge in [-0.2, -0.15) is 0 Å². The number of hydrogen-bond acceptors (Lipinski definition) is 2. The van der Waals surface area contributed by atoms with Gasteiger partial charge in [-0.25, -0.2) is 0 Å². The van der Waals surface area contributed by atoms with Crippen LogP contribution in [0.15, 0.2) is 46.9 Å². The van der Waals surface area contributed by atoms with Crippen molar-refractivity contribution in [3.05, 3.63) is 63.6 Å². The summed E-state index contributed by atoms with van der Waals surface area (Å²) in [5.74, 6) is 1.02. The molecular weight excluding hydrogens is 326 g/mol. The molecule has 0 radical (unpaired) electrons. The van der Waals surface area contributed by atoms with E-state index in [1.165, 1.54) is 29.5 Å². The van der Waals surface area contributed by atoms with Crippen LogP contribution in [0, 0.1) is 6.92 Å². The first-order valence-electron chi connectivity index (χ1n) is 7.41.